The van der Waals surface area contributed by atoms with Gasteiger partial charge in [-0.3, -0.25) is 9.59 Å². The van der Waals surface area contributed by atoms with E-state index in [9.17, 15) is 19.2 Å². The summed E-state index contributed by atoms with van der Waals surface area (Å²) in [5.74, 6) is -1.01. The van der Waals surface area contributed by atoms with Gasteiger partial charge in [-0.05, 0) is 44.5 Å². The number of alkyl carbamates (subject to hydrolysis) is 2. The van der Waals surface area contributed by atoms with Gasteiger partial charge in [0.1, 0.15) is 13.2 Å². The normalized spacial score (nSPS) is 12.6. The first kappa shape index (κ1) is 30.4. The highest BCUT2D eigenvalue weighted by atomic mass is 16.6. The highest BCUT2D eigenvalue weighted by Crippen LogP contribution is 2.45. The molecule has 0 aromatic heterocycles. The van der Waals surface area contributed by atoms with Crippen molar-refractivity contribution >= 4 is 24.0 Å². The van der Waals surface area contributed by atoms with Crippen LogP contribution in [0.2, 0.25) is 0 Å². The smallest absolute Gasteiger partial charge is 0.407 e. The quantitative estimate of drug-likeness (QED) is 0.185. The monoisotopic (exact) mass is 618 g/mol. The average molecular weight is 619 g/mol. The van der Waals surface area contributed by atoms with Gasteiger partial charge in [0.05, 0.1) is 13.1 Å². The van der Waals surface area contributed by atoms with E-state index in [-0.39, 0.29) is 51.2 Å². The van der Waals surface area contributed by atoms with E-state index in [1.807, 2.05) is 72.8 Å². The van der Waals surface area contributed by atoms with Crippen LogP contribution in [-0.4, -0.2) is 63.4 Å². The van der Waals surface area contributed by atoms with Gasteiger partial charge >= 0.3 is 12.2 Å². The Labute approximate surface area is 266 Å². The number of hydrogen-bond donors (Lipinski definition) is 4. The molecule has 0 fully saturated rings. The summed E-state index contributed by atoms with van der Waals surface area (Å²) in [6.45, 7) is 0.0425. The molecular weight excluding hydrogens is 584 g/mol. The van der Waals surface area contributed by atoms with Gasteiger partial charge in [0.2, 0.25) is 11.8 Å². The lowest BCUT2D eigenvalue weighted by Crippen LogP contribution is -2.43. The number of hydrogen-bond acceptors (Lipinski definition) is 6. The first-order valence-electron chi connectivity index (χ1n) is 15.2. The highest BCUT2D eigenvalue weighted by molar-refractivity contribution is 5.84. The van der Waals surface area contributed by atoms with Crippen molar-refractivity contribution < 1.29 is 28.7 Å². The van der Waals surface area contributed by atoms with E-state index >= 15 is 0 Å². The van der Waals surface area contributed by atoms with E-state index in [4.69, 9.17) is 9.47 Å². The van der Waals surface area contributed by atoms with Crippen LogP contribution in [0.15, 0.2) is 97.1 Å². The van der Waals surface area contributed by atoms with Crippen molar-refractivity contribution in [3.63, 3.8) is 0 Å². The van der Waals surface area contributed by atoms with Crippen molar-refractivity contribution in [2.75, 3.05) is 39.4 Å². The molecule has 6 rings (SSSR count). The summed E-state index contributed by atoms with van der Waals surface area (Å²) in [5.41, 5.74) is 8.93. The Morgan fingerprint density at radius 2 is 0.761 bits per heavy atom. The molecule has 0 saturated heterocycles. The van der Waals surface area contributed by atoms with Crippen molar-refractivity contribution in [2.24, 2.45) is 0 Å². The maximum atomic E-state index is 12.3. The molecule has 46 heavy (non-hydrogen) atoms. The summed E-state index contributed by atoms with van der Waals surface area (Å²) < 4.78 is 10.9. The van der Waals surface area contributed by atoms with Gasteiger partial charge in [-0.15, -0.1) is 0 Å². The Kier molecular flexibility index (Phi) is 9.24. The fraction of sp³-hybridized carbons (Fsp3) is 0.222. The Balaban J connectivity index is 0.842. The minimum atomic E-state index is -0.690. The van der Waals surface area contributed by atoms with Crippen LogP contribution in [-0.2, 0) is 19.1 Å². The maximum absolute atomic E-state index is 12.3. The minimum Gasteiger partial charge on any atom is -0.449 e. The zero-order chi connectivity index (χ0) is 31.9. The fourth-order valence-corrected chi connectivity index (χ4v) is 6.13. The lowest BCUT2D eigenvalue weighted by Gasteiger charge is -2.15. The number of nitrogens with one attached hydrogen (secondary N) is 4. The molecule has 0 heterocycles. The van der Waals surface area contributed by atoms with E-state index in [0.717, 1.165) is 44.5 Å². The van der Waals surface area contributed by atoms with Crippen molar-refractivity contribution in [3.8, 4) is 22.3 Å². The largest absolute Gasteiger partial charge is 0.449 e. The van der Waals surface area contributed by atoms with Crippen LogP contribution in [0.25, 0.3) is 22.3 Å². The molecular formula is C36H34N4O6. The number of carbonyl (C=O) groups excluding carboxylic acids is 4. The summed E-state index contributed by atoms with van der Waals surface area (Å²) >= 11 is 0. The first-order chi connectivity index (χ1) is 22.5. The topological polar surface area (TPSA) is 135 Å². The van der Waals surface area contributed by atoms with E-state index in [1.165, 1.54) is 0 Å². The van der Waals surface area contributed by atoms with E-state index in [2.05, 4.69) is 45.5 Å². The molecule has 0 aliphatic heterocycles. The highest BCUT2D eigenvalue weighted by Gasteiger charge is 2.30. The maximum Gasteiger partial charge on any atom is 0.407 e. The SMILES string of the molecule is O=C(CNC(=O)OCC1c2ccccc2-c2ccccc21)NCCNC(=O)CNC(=O)OCC1c2ccccc2-c2ccccc21. The first-order valence-corrected chi connectivity index (χ1v) is 15.2. The predicted octanol–water partition coefficient (Wildman–Crippen LogP) is 4.30. The lowest BCUT2D eigenvalue weighted by molar-refractivity contribution is -0.121. The number of ether oxygens (including phenoxy) is 2. The summed E-state index contributed by atoms with van der Waals surface area (Å²) in [6.07, 6.45) is -1.38. The van der Waals surface area contributed by atoms with E-state index in [1.54, 1.807) is 0 Å². The molecule has 10 nitrogen and oxygen atoms in total. The van der Waals surface area contributed by atoms with Crippen LogP contribution in [0.5, 0.6) is 0 Å². The van der Waals surface area contributed by atoms with E-state index in [0.29, 0.717) is 0 Å². The number of rotatable bonds is 11. The van der Waals surface area contributed by atoms with Crippen molar-refractivity contribution in [3.05, 3.63) is 119 Å². The molecule has 4 aromatic carbocycles. The third-order valence-corrected chi connectivity index (χ3v) is 8.24. The van der Waals surface area contributed by atoms with Crippen molar-refractivity contribution in [2.45, 2.75) is 11.8 Å². The number of carbonyl (C=O) groups is 4. The summed E-state index contributed by atoms with van der Waals surface area (Å²) in [5, 5.41) is 10.1. The molecule has 4 amide bonds. The van der Waals surface area contributed by atoms with E-state index < -0.39 is 24.0 Å². The second-order valence-electron chi connectivity index (χ2n) is 11.1. The Bertz CT molecular complexity index is 1550. The standard InChI is InChI=1S/C36H34N4O6/c41-33(19-39-35(43)45-21-31-27-13-5-1-9-23(27)24-10-2-6-14-28(24)31)37-17-18-38-34(42)20-40-36(44)46-22-32-29-15-7-3-11-25(29)26-12-4-8-16-30(26)32/h1-16,31-32H,17-22H2,(H,37,41)(H,38,42)(H,39,43)(H,40,44). The molecule has 0 radical (unpaired) electrons. The minimum absolute atomic E-state index is 0.0748. The van der Waals surface area contributed by atoms with Gasteiger partial charge < -0.3 is 30.7 Å². The van der Waals surface area contributed by atoms with Gasteiger partial charge in [0.15, 0.2) is 0 Å². The third kappa shape index (κ3) is 6.71. The molecule has 0 bridgehead atoms. The summed E-state index contributed by atoms with van der Waals surface area (Å²) in [7, 11) is 0. The van der Waals surface area contributed by atoms with Crippen molar-refractivity contribution in [1.29, 1.82) is 0 Å². The van der Waals surface area contributed by atoms with Gasteiger partial charge in [-0.25, -0.2) is 9.59 Å². The molecule has 0 atom stereocenters. The number of amides is 4. The van der Waals surface area contributed by atoms with Crippen LogP contribution >= 0.6 is 0 Å². The van der Waals surface area contributed by atoms with Crippen LogP contribution in [0.1, 0.15) is 34.1 Å². The summed E-state index contributed by atoms with van der Waals surface area (Å²) in [4.78, 5) is 48.9. The van der Waals surface area contributed by atoms with Gasteiger partial charge in [0, 0.05) is 24.9 Å². The van der Waals surface area contributed by atoms with Gasteiger partial charge in [-0.1, -0.05) is 97.1 Å². The molecule has 0 spiro atoms. The molecule has 4 aromatic rings. The zero-order valence-electron chi connectivity index (χ0n) is 25.1. The Morgan fingerprint density at radius 3 is 1.09 bits per heavy atom. The number of fused-ring (bicyclic) bond motifs is 6. The third-order valence-electron chi connectivity index (χ3n) is 8.24. The second kappa shape index (κ2) is 14.0. The molecule has 10 heteroatoms. The molecule has 234 valence electrons. The van der Waals surface area contributed by atoms with Crippen molar-refractivity contribution in [1.82, 2.24) is 21.3 Å². The van der Waals surface area contributed by atoms with Gasteiger partial charge in [0.25, 0.3) is 0 Å². The predicted molar refractivity (Wildman–Crippen MR) is 172 cm³/mol. The molecule has 2 aliphatic carbocycles. The van der Waals surface area contributed by atoms with Crippen LogP contribution in [0, 0.1) is 0 Å². The molecule has 0 unspecified atom stereocenters. The molecule has 4 N–H and O–H groups in total. The van der Waals surface area contributed by atoms with Crippen LogP contribution < -0.4 is 21.3 Å². The lowest BCUT2D eigenvalue weighted by atomic mass is 9.98. The molecule has 0 saturated carbocycles. The Morgan fingerprint density at radius 1 is 0.457 bits per heavy atom. The van der Waals surface area contributed by atoms with Crippen LogP contribution in [0.4, 0.5) is 9.59 Å². The average Bonchev–Trinajstić information content (AvgIpc) is 3.59. The zero-order valence-corrected chi connectivity index (χ0v) is 25.1. The Hall–Kier alpha value is -5.64. The summed E-state index contributed by atoms with van der Waals surface area (Å²) in [6, 6.07) is 32.2. The van der Waals surface area contributed by atoms with Gasteiger partial charge in [-0.2, -0.15) is 0 Å². The second-order valence-corrected chi connectivity index (χ2v) is 11.1. The fourth-order valence-electron chi connectivity index (χ4n) is 6.13. The number of benzene rings is 4. The molecule has 2 aliphatic rings. The van der Waals surface area contributed by atoms with Crippen LogP contribution in [0.3, 0.4) is 0 Å².